The van der Waals surface area contributed by atoms with Crippen molar-refractivity contribution < 1.29 is 14.3 Å². The van der Waals surface area contributed by atoms with Crippen LogP contribution >= 0.6 is 28.1 Å². The summed E-state index contributed by atoms with van der Waals surface area (Å²) in [6.07, 6.45) is 0.948. The lowest BCUT2D eigenvalue weighted by Crippen LogP contribution is -2.34. The van der Waals surface area contributed by atoms with Gasteiger partial charge in [-0.3, -0.25) is 14.9 Å². The van der Waals surface area contributed by atoms with E-state index in [1.807, 2.05) is 31.2 Å². The molecule has 0 saturated heterocycles. The third-order valence-electron chi connectivity index (χ3n) is 5.03. The lowest BCUT2D eigenvalue weighted by atomic mass is 10.1. The number of rotatable bonds is 8. The monoisotopic (exact) mass is 553 g/mol. The van der Waals surface area contributed by atoms with Gasteiger partial charge in [0, 0.05) is 22.5 Å². The van der Waals surface area contributed by atoms with Crippen molar-refractivity contribution in [3.63, 3.8) is 0 Å². The Bertz CT molecular complexity index is 1230. The number of ether oxygens (including phenoxy) is 1. The molecule has 0 saturated carbocycles. The Morgan fingerprint density at radius 3 is 2.29 bits per heavy atom. The second-order valence-corrected chi connectivity index (χ2v) is 9.75. The zero-order chi connectivity index (χ0) is 25.4. The molecular weight excluding hydrogens is 526 g/mol. The Kier molecular flexibility index (Phi) is 9.39. The number of hydrogen-bond donors (Lipinski definition) is 3. The van der Waals surface area contributed by atoms with Crippen molar-refractivity contribution >= 4 is 56.4 Å². The van der Waals surface area contributed by atoms with Gasteiger partial charge in [0.15, 0.2) is 5.11 Å². The van der Waals surface area contributed by atoms with Crippen LogP contribution in [0.15, 0.2) is 71.2 Å². The molecule has 0 aliphatic rings. The largest absolute Gasteiger partial charge is 0.492 e. The van der Waals surface area contributed by atoms with Gasteiger partial charge in [-0.15, -0.1) is 0 Å². The Balaban J connectivity index is 1.57. The van der Waals surface area contributed by atoms with Gasteiger partial charge in [-0.1, -0.05) is 32.0 Å². The predicted molar refractivity (Wildman–Crippen MR) is 148 cm³/mol. The summed E-state index contributed by atoms with van der Waals surface area (Å²) in [7, 11) is 0. The maximum atomic E-state index is 12.7. The molecule has 35 heavy (non-hydrogen) atoms. The van der Waals surface area contributed by atoms with E-state index in [-0.39, 0.29) is 16.9 Å². The van der Waals surface area contributed by atoms with Crippen molar-refractivity contribution in [2.24, 2.45) is 5.92 Å². The summed E-state index contributed by atoms with van der Waals surface area (Å²) < 4.78 is 6.46. The Morgan fingerprint density at radius 1 is 0.914 bits per heavy atom. The van der Waals surface area contributed by atoms with E-state index in [2.05, 4.69) is 45.7 Å². The minimum atomic E-state index is -0.356. The fourth-order valence-electron chi connectivity index (χ4n) is 3.17. The van der Waals surface area contributed by atoms with E-state index in [1.54, 1.807) is 42.5 Å². The summed E-state index contributed by atoms with van der Waals surface area (Å²) in [5.74, 6) is 0.638. The van der Waals surface area contributed by atoms with Crippen LogP contribution in [0.4, 0.5) is 11.4 Å². The van der Waals surface area contributed by atoms with E-state index in [0.717, 1.165) is 17.7 Å². The number of halogens is 1. The molecule has 182 valence electrons. The molecule has 0 aliphatic carbocycles. The number of hydrogen-bond acceptors (Lipinski definition) is 4. The van der Waals surface area contributed by atoms with Crippen molar-refractivity contribution in [2.75, 3.05) is 17.2 Å². The number of aryl methyl sites for hydroxylation is 1. The first-order chi connectivity index (χ1) is 16.7. The molecule has 0 heterocycles. The number of thiocarbonyl (C=S) groups is 1. The van der Waals surface area contributed by atoms with Gasteiger partial charge in [-0.25, -0.2) is 0 Å². The molecule has 3 rings (SSSR count). The second-order valence-electron chi connectivity index (χ2n) is 8.49. The first-order valence-electron chi connectivity index (χ1n) is 11.2. The van der Waals surface area contributed by atoms with Crippen LogP contribution in [0.5, 0.6) is 5.75 Å². The third kappa shape index (κ3) is 8.19. The van der Waals surface area contributed by atoms with Crippen LogP contribution in [0, 0.1) is 12.8 Å². The van der Waals surface area contributed by atoms with Crippen molar-refractivity contribution in [1.29, 1.82) is 0 Å². The van der Waals surface area contributed by atoms with Crippen LogP contribution in [0.1, 0.15) is 46.5 Å². The normalized spacial score (nSPS) is 10.5. The number of benzene rings is 3. The Morgan fingerprint density at radius 2 is 1.60 bits per heavy atom. The van der Waals surface area contributed by atoms with Gasteiger partial charge in [0.05, 0.1) is 11.1 Å². The van der Waals surface area contributed by atoms with E-state index in [9.17, 15) is 9.59 Å². The smallest absolute Gasteiger partial charge is 0.257 e. The summed E-state index contributed by atoms with van der Waals surface area (Å²) in [6, 6.07) is 19.6. The summed E-state index contributed by atoms with van der Waals surface area (Å²) >= 11 is 8.76. The standard InChI is InChI=1S/C27H28BrN3O3S/c1-17(2)12-13-34-24-11-10-20(16-23(24)28)26(33)31-27(35)30-22-9-5-7-19(15-22)25(32)29-21-8-4-6-18(3)14-21/h4-11,14-17H,12-13H2,1-3H3,(H,29,32)(H2,30,31,33,35). The van der Waals surface area contributed by atoms with Crippen molar-refractivity contribution in [3.05, 3.63) is 87.9 Å². The molecule has 3 N–H and O–H groups in total. The highest BCUT2D eigenvalue weighted by Crippen LogP contribution is 2.26. The molecule has 8 heteroatoms. The number of nitrogens with one attached hydrogen (secondary N) is 3. The zero-order valence-corrected chi connectivity index (χ0v) is 22.3. The van der Waals surface area contributed by atoms with Crippen LogP contribution in [0.2, 0.25) is 0 Å². The van der Waals surface area contributed by atoms with Gasteiger partial charge in [0.2, 0.25) is 0 Å². The first kappa shape index (κ1) is 26.4. The summed E-state index contributed by atoms with van der Waals surface area (Å²) in [5, 5.41) is 8.62. The topological polar surface area (TPSA) is 79.5 Å². The molecule has 0 unspecified atom stereocenters. The lowest BCUT2D eigenvalue weighted by molar-refractivity contribution is 0.0976. The minimum absolute atomic E-state index is 0.125. The van der Waals surface area contributed by atoms with Gasteiger partial charge in [0.1, 0.15) is 5.75 Å². The number of amides is 2. The van der Waals surface area contributed by atoms with Gasteiger partial charge >= 0.3 is 0 Å². The zero-order valence-electron chi connectivity index (χ0n) is 19.9. The molecule has 6 nitrogen and oxygen atoms in total. The lowest BCUT2D eigenvalue weighted by Gasteiger charge is -2.13. The Labute approximate surface area is 219 Å². The van der Waals surface area contributed by atoms with Gasteiger partial charge in [-0.2, -0.15) is 0 Å². The van der Waals surface area contributed by atoms with Crippen LogP contribution < -0.4 is 20.7 Å². The minimum Gasteiger partial charge on any atom is -0.492 e. The molecular formula is C27H28BrN3O3S. The summed E-state index contributed by atoms with van der Waals surface area (Å²) in [5.41, 5.74) is 3.26. The molecule has 0 aromatic heterocycles. The highest BCUT2D eigenvalue weighted by Gasteiger charge is 2.12. The highest BCUT2D eigenvalue weighted by atomic mass is 79.9. The average Bonchev–Trinajstić information content (AvgIpc) is 2.80. The van der Waals surface area contributed by atoms with Crippen molar-refractivity contribution in [2.45, 2.75) is 27.2 Å². The average molecular weight is 555 g/mol. The molecule has 0 spiro atoms. The highest BCUT2D eigenvalue weighted by molar-refractivity contribution is 9.10. The summed E-state index contributed by atoms with van der Waals surface area (Å²) in [4.78, 5) is 25.3. The van der Waals surface area contributed by atoms with Gasteiger partial charge in [-0.05, 0) is 102 Å². The van der Waals surface area contributed by atoms with Crippen LogP contribution in [-0.2, 0) is 0 Å². The molecule has 0 radical (unpaired) electrons. The van der Waals surface area contributed by atoms with Crippen LogP contribution in [0.25, 0.3) is 0 Å². The number of anilines is 2. The molecule has 3 aromatic rings. The fourth-order valence-corrected chi connectivity index (χ4v) is 3.87. The van der Waals surface area contributed by atoms with Crippen LogP contribution in [0.3, 0.4) is 0 Å². The van der Waals surface area contributed by atoms with Crippen molar-refractivity contribution in [3.8, 4) is 5.75 Å². The van der Waals surface area contributed by atoms with E-state index >= 15 is 0 Å². The predicted octanol–water partition coefficient (Wildman–Crippen LogP) is 6.56. The van der Waals surface area contributed by atoms with E-state index < -0.39 is 0 Å². The van der Waals surface area contributed by atoms with Crippen molar-refractivity contribution in [1.82, 2.24) is 5.32 Å². The second kappa shape index (κ2) is 12.5. The number of carbonyl (C=O) groups is 2. The molecule has 0 atom stereocenters. The maximum Gasteiger partial charge on any atom is 0.257 e. The van der Waals surface area contributed by atoms with E-state index in [4.69, 9.17) is 17.0 Å². The summed E-state index contributed by atoms with van der Waals surface area (Å²) in [6.45, 7) is 6.85. The van der Waals surface area contributed by atoms with Gasteiger partial charge in [0.25, 0.3) is 11.8 Å². The van der Waals surface area contributed by atoms with Gasteiger partial charge < -0.3 is 15.4 Å². The first-order valence-corrected chi connectivity index (χ1v) is 12.4. The SMILES string of the molecule is Cc1cccc(NC(=O)c2cccc(NC(=S)NC(=O)c3ccc(OCCC(C)C)c(Br)c3)c2)c1. The molecule has 2 amide bonds. The van der Waals surface area contributed by atoms with Crippen LogP contribution in [-0.4, -0.2) is 23.5 Å². The van der Waals surface area contributed by atoms with E-state index in [0.29, 0.717) is 39.6 Å². The fraction of sp³-hybridized carbons (Fsp3) is 0.222. The maximum absolute atomic E-state index is 12.7. The molecule has 0 aliphatic heterocycles. The number of carbonyl (C=O) groups excluding carboxylic acids is 2. The van der Waals surface area contributed by atoms with E-state index in [1.165, 1.54) is 0 Å². The third-order valence-corrected chi connectivity index (χ3v) is 5.86. The quantitative estimate of drug-likeness (QED) is 0.275. The molecule has 0 fully saturated rings. The molecule has 0 bridgehead atoms. The Hall–Kier alpha value is -3.23. The molecule has 3 aromatic carbocycles.